The van der Waals surface area contributed by atoms with Crippen LogP contribution in [0, 0.1) is 0 Å². The zero-order valence-corrected chi connectivity index (χ0v) is 14.9. The molecular weight excluding hydrogens is 348 g/mol. The number of methoxy groups -OCH3 is 1. The van der Waals surface area contributed by atoms with Gasteiger partial charge in [0.1, 0.15) is 11.5 Å². The van der Waals surface area contributed by atoms with Gasteiger partial charge in [-0.2, -0.15) is 0 Å². The molecule has 27 heavy (non-hydrogen) atoms. The van der Waals surface area contributed by atoms with E-state index in [2.05, 4.69) is 0 Å². The molecule has 2 aromatic carbocycles. The van der Waals surface area contributed by atoms with Gasteiger partial charge in [-0.3, -0.25) is 4.79 Å². The molecule has 0 aliphatic carbocycles. The zero-order valence-electron chi connectivity index (χ0n) is 14.9. The third-order valence-corrected chi connectivity index (χ3v) is 3.93. The summed E-state index contributed by atoms with van der Waals surface area (Å²) in [5, 5.41) is 38.1. The van der Waals surface area contributed by atoms with Crippen molar-refractivity contribution in [2.45, 2.75) is 19.4 Å². The van der Waals surface area contributed by atoms with Gasteiger partial charge in [0.15, 0.2) is 17.3 Å². The SMILES string of the molecule is COc1cc(/C=C/C(O)=C/C(=O)CCc2ccc(O)c(CO)c2)ccc1O. The topological polar surface area (TPSA) is 107 Å². The number of allylic oxidation sites excluding steroid dienone is 2. The Kier molecular flexibility index (Phi) is 7.02. The normalized spacial score (nSPS) is 11.7. The van der Waals surface area contributed by atoms with Crippen LogP contribution in [0.15, 0.2) is 54.3 Å². The van der Waals surface area contributed by atoms with Gasteiger partial charge in [0.05, 0.1) is 13.7 Å². The molecule has 0 saturated heterocycles. The first-order valence-corrected chi connectivity index (χ1v) is 8.33. The van der Waals surface area contributed by atoms with Crippen molar-refractivity contribution < 1.29 is 30.0 Å². The molecule has 0 spiro atoms. The van der Waals surface area contributed by atoms with Gasteiger partial charge in [-0.25, -0.2) is 0 Å². The molecular formula is C21H22O6. The Morgan fingerprint density at radius 3 is 2.56 bits per heavy atom. The Balaban J connectivity index is 1.96. The van der Waals surface area contributed by atoms with Gasteiger partial charge in [-0.15, -0.1) is 0 Å². The second kappa shape index (κ2) is 9.45. The Morgan fingerprint density at radius 2 is 1.85 bits per heavy atom. The molecule has 2 rings (SSSR count). The maximum atomic E-state index is 12.0. The molecule has 6 heteroatoms. The minimum Gasteiger partial charge on any atom is -0.508 e. The summed E-state index contributed by atoms with van der Waals surface area (Å²) in [6, 6.07) is 9.53. The van der Waals surface area contributed by atoms with E-state index in [-0.39, 0.29) is 36.1 Å². The molecule has 0 aliphatic rings. The first-order chi connectivity index (χ1) is 12.9. The van der Waals surface area contributed by atoms with E-state index in [4.69, 9.17) is 9.84 Å². The van der Waals surface area contributed by atoms with Crippen LogP contribution in [0.4, 0.5) is 0 Å². The number of ether oxygens (including phenoxy) is 1. The van der Waals surface area contributed by atoms with Crippen molar-refractivity contribution in [1.82, 2.24) is 0 Å². The third kappa shape index (κ3) is 5.90. The number of aryl methyl sites for hydroxylation is 1. The largest absolute Gasteiger partial charge is 0.508 e. The van der Waals surface area contributed by atoms with Gasteiger partial charge in [0.25, 0.3) is 0 Å². The number of phenolic OH excluding ortho intramolecular Hbond substituents is 1. The lowest BCUT2D eigenvalue weighted by Gasteiger charge is -2.05. The Morgan fingerprint density at radius 1 is 1.11 bits per heavy atom. The van der Waals surface area contributed by atoms with Crippen LogP contribution in [0.3, 0.4) is 0 Å². The minimum absolute atomic E-state index is 0.0149. The number of aliphatic hydroxyl groups excluding tert-OH is 2. The number of aliphatic hydroxyl groups is 2. The fraction of sp³-hybridized carbons (Fsp3) is 0.190. The van der Waals surface area contributed by atoms with Crippen LogP contribution in [0.25, 0.3) is 6.08 Å². The summed E-state index contributed by atoms with van der Waals surface area (Å²) in [7, 11) is 1.44. The van der Waals surface area contributed by atoms with Crippen molar-refractivity contribution >= 4 is 11.9 Å². The maximum Gasteiger partial charge on any atom is 0.161 e. The van der Waals surface area contributed by atoms with E-state index in [1.54, 1.807) is 30.3 Å². The van der Waals surface area contributed by atoms with Crippen LogP contribution in [-0.4, -0.2) is 33.3 Å². The van der Waals surface area contributed by atoms with Crippen molar-refractivity contribution in [1.29, 1.82) is 0 Å². The van der Waals surface area contributed by atoms with E-state index < -0.39 is 0 Å². The molecule has 0 saturated carbocycles. The average Bonchev–Trinajstić information content (AvgIpc) is 2.66. The maximum absolute atomic E-state index is 12.0. The number of carbonyl (C=O) groups excluding carboxylic acids is 1. The lowest BCUT2D eigenvalue weighted by Crippen LogP contribution is -1.98. The highest BCUT2D eigenvalue weighted by Gasteiger charge is 2.05. The summed E-state index contributed by atoms with van der Waals surface area (Å²) < 4.78 is 5.01. The van der Waals surface area contributed by atoms with Gasteiger partial charge in [0.2, 0.25) is 0 Å². The second-order valence-electron chi connectivity index (χ2n) is 5.92. The fourth-order valence-corrected chi connectivity index (χ4v) is 2.45. The second-order valence-corrected chi connectivity index (χ2v) is 5.92. The molecule has 0 fully saturated rings. The summed E-state index contributed by atoms with van der Waals surface area (Å²) in [6.07, 6.45) is 4.72. The third-order valence-electron chi connectivity index (χ3n) is 3.93. The number of carbonyl (C=O) groups is 1. The lowest BCUT2D eigenvalue weighted by atomic mass is 10.0. The van der Waals surface area contributed by atoms with Crippen LogP contribution in [0.1, 0.15) is 23.1 Å². The molecule has 0 amide bonds. The van der Waals surface area contributed by atoms with Crippen LogP contribution in [0.2, 0.25) is 0 Å². The molecule has 6 nitrogen and oxygen atoms in total. The number of rotatable bonds is 8. The molecule has 0 bridgehead atoms. The molecule has 142 valence electrons. The highest BCUT2D eigenvalue weighted by Crippen LogP contribution is 2.26. The predicted octanol–water partition coefficient (Wildman–Crippen LogP) is 3.26. The summed E-state index contributed by atoms with van der Waals surface area (Å²) in [5.74, 6) is -0.0926. The number of phenols is 2. The van der Waals surface area contributed by atoms with Crippen molar-refractivity contribution in [3.8, 4) is 17.2 Å². The standard InChI is InChI=1S/C21H22O6/c1-27-21-11-15(5-9-20(21)26)3-7-18(24)12-17(23)6-2-14-4-8-19(25)16(10-14)13-22/h3-5,7-12,22,24-26H,2,6,13H2,1H3/b7-3+,18-12-. The van der Waals surface area contributed by atoms with Crippen molar-refractivity contribution in [2.75, 3.05) is 7.11 Å². The molecule has 0 unspecified atom stereocenters. The van der Waals surface area contributed by atoms with E-state index in [9.17, 15) is 20.1 Å². The van der Waals surface area contributed by atoms with E-state index in [0.717, 1.165) is 11.6 Å². The Bertz CT molecular complexity index is 867. The molecule has 4 N–H and O–H groups in total. The van der Waals surface area contributed by atoms with Gasteiger partial charge in [-0.05, 0) is 47.9 Å². The number of hydrogen-bond acceptors (Lipinski definition) is 6. The Labute approximate surface area is 157 Å². The van der Waals surface area contributed by atoms with Crippen LogP contribution < -0.4 is 4.74 Å². The summed E-state index contributed by atoms with van der Waals surface area (Å²) in [4.78, 5) is 12.0. The highest BCUT2D eigenvalue weighted by atomic mass is 16.5. The predicted molar refractivity (Wildman–Crippen MR) is 102 cm³/mol. The Hall–Kier alpha value is -3.25. The van der Waals surface area contributed by atoms with Crippen molar-refractivity contribution in [3.05, 3.63) is 71.0 Å². The van der Waals surface area contributed by atoms with E-state index in [0.29, 0.717) is 23.3 Å². The van der Waals surface area contributed by atoms with Gasteiger partial charge >= 0.3 is 0 Å². The summed E-state index contributed by atoms with van der Waals surface area (Å²) in [6.45, 7) is -0.277. The summed E-state index contributed by atoms with van der Waals surface area (Å²) >= 11 is 0. The average molecular weight is 370 g/mol. The molecule has 0 heterocycles. The number of aromatic hydroxyl groups is 2. The molecule has 0 radical (unpaired) electrons. The zero-order chi connectivity index (χ0) is 19.8. The van der Waals surface area contributed by atoms with E-state index >= 15 is 0 Å². The number of benzene rings is 2. The summed E-state index contributed by atoms with van der Waals surface area (Å²) in [5.41, 5.74) is 1.91. The smallest absolute Gasteiger partial charge is 0.161 e. The lowest BCUT2D eigenvalue weighted by molar-refractivity contribution is -0.114. The van der Waals surface area contributed by atoms with Gasteiger partial charge in [-0.1, -0.05) is 18.2 Å². The first-order valence-electron chi connectivity index (χ1n) is 8.33. The number of hydrogen-bond donors (Lipinski definition) is 4. The molecule has 0 atom stereocenters. The highest BCUT2D eigenvalue weighted by molar-refractivity contribution is 5.90. The van der Waals surface area contributed by atoms with E-state index in [1.807, 2.05) is 0 Å². The fourth-order valence-electron chi connectivity index (χ4n) is 2.45. The van der Waals surface area contributed by atoms with Crippen LogP contribution >= 0.6 is 0 Å². The van der Waals surface area contributed by atoms with E-state index in [1.165, 1.54) is 25.3 Å². The molecule has 2 aromatic rings. The molecule has 0 aromatic heterocycles. The van der Waals surface area contributed by atoms with Crippen molar-refractivity contribution in [2.24, 2.45) is 0 Å². The van der Waals surface area contributed by atoms with Gasteiger partial charge in [0, 0.05) is 18.1 Å². The van der Waals surface area contributed by atoms with Crippen LogP contribution in [0.5, 0.6) is 17.2 Å². The number of ketones is 1. The first kappa shape index (κ1) is 20.1. The monoisotopic (exact) mass is 370 g/mol. The van der Waals surface area contributed by atoms with Crippen molar-refractivity contribution in [3.63, 3.8) is 0 Å². The quantitative estimate of drug-likeness (QED) is 0.323. The van der Waals surface area contributed by atoms with Gasteiger partial charge < -0.3 is 25.2 Å². The molecule has 0 aliphatic heterocycles. The minimum atomic E-state index is -0.277. The van der Waals surface area contributed by atoms with Crippen LogP contribution in [-0.2, 0) is 17.8 Å².